The van der Waals surface area contributed by atoms with Gasteiger partial charge >= 0.3 is 8.17 Å². The summed E-state index contributed by atoms with van der Waals surface area (Å²) in [7, 11) is -4.12. The first-order valence-corrected chi connectivity index (χ1v) is 5.65. The van der Waals surface area contributed by atoms with Crippen LogP contribution in [-0.2, 0) is 9.05 Å². The minimum absolute atomic E-state index is 0.507. The van der Waals surface area contributed by atoms with E-state index in [-0.39, 0.29) is 0 Å². The van der Waals surface area contributed by atoms with E-state index in [9.17, 15) is 0 Å². The number of aliphatic hydroxyl groups excluding tert-OH is 4. The van der Waals surface area contributed by atoms with Gasteiger partial charge in [-0.1, -0.05) is 0 Å². The second kappa shape index (κ2) is 7.39. The largest absolute Gasteiger partial charge is 0.570 e. The molecule has 2 atom stereocenters. The van der Waals surface area contributed by atoms with Gasteiger partial charge in [-0.2, -0.15) is 18.8 Å². The van der Waals surface area contributed by atoms with Crippen LogP contribution in [0.5, 0.6) is 0 Å². The molecule has 2 unspecified atom stereocenters. The van der Waals surface area contributed by atoms with Crippen molar-refractivity contribution in [3.8, 4) is 0 Å². The van der Waals surface area contributed by atoms with E-state index in [0.717, 1.165) is 0 Å². The molecule has 0 bridgehead atoms. The second-order valence-corrected chi connectivity index (χ2v) is 4.25. The minimum atomic E-state index is -4.12. The predicted octanol–water partition coefficient (Wildman–Crippen LogP) is -2.61. The number of hydrogen-bond acceptors (Lipinski definition) is 8. The normalized spacial score (nSPS) is 16.4. The summed E-state index contributed by atoms with van der Waals surface area (Å²) >= 11 is 0. The summed E-state index contributed by atoms with van der Waals surface area (Å²) in [5.74, 6) is 0. The molecular formula is C6H16O8P+. The molecule has 15 heavy (non-hydrogen) atoms. The zero-order valence-electron chi connectivity index (χ0n) is 7.93. The minimum Gasteiger partial charge on any atom is -0.394 e. The molecule has 0 aromatic carbocycles. The molecule has 0 aliphatic rings. The van der Waals surface area contributed by atoms with Gasteiger partial charge in [0.05, 0.1) is 13.2 Å². The van der Waals surface area contributed by atoms with Gasteiger partial charge in [0.15, 0.2) is 0 Å². The van der Waals surface area contributed by atoms with E-state index >= 15 is 0 Å². The smallest absolute Gasteiger partial charge is 0.394 e. The highest BCUT2D eigenvalue weighted by molar-refractivity contribution is 7.54. The summed E-state index contributed by atoms with van der Waals surface area (Å²) in [6.07, 6.45) is -2.48. The lowest BCUT2D eigenvalue weighted by molar-refractivity contribution is 0.00489. The Morgan fingerprint density at radius 1 is 0.867 bits per heavy atom. The summed E-state index contributed by atoms with van der Waals surface area (Å²) in [6, 6.07) is 0. The van der Waals surface area contributed by atoms with Crippen LogP contribution in [0.15, 0.2) is 0 Å². The van der Waals surface area contributed by atoms with E-state index in [1.807, 2.05) is 0 Å². The molecule has 92 valence electrons. The van der Waals surface area contributed by atoms with E-state index in [4.69, 9.17) is 30.2 Å². The van der Waals surface area contributed by atoms with Crippen molar-refractivity contribution in [2.75, 3.05) is 26.4 Å². The Kier molecular flexibility index (Phi) is 7.45. The lowest BCUT2D eigenvalue weighted by Crippen LogP contribution is -2.23. The third kappa shape index (κ3) is 7.97. The quantitative estimate of drug-likeness (QED) is 0.256. The summed E-state index contributed by atoms with van der Waals surface area (Å²) in [4.78, 5) is 18.1. The molecule has 6 N–H and O–H groups in total. The lowest BCUT2D eigenvalue weighted by Gasteiger charge is -2.12. The molecule has 9 heteroatoms. The summed E-state index contributed by atoms with van der Waals surface area (Å²) in [5.41, 5.74) is 0. The summed E-state index contributed by atoms with van der Waals surface area (Å²) < 4.78 is 8.75. The highest BCUT2D eigenvalue weighted by atomic mass is 31.2. The zero-order valence-corrected chi connectivity index (χ0v) is 8.82. The molecular weight excluding hydrogens is 231 g/mol. The maximum absolute atomic E-state index is 9.04. The first-order valence-electron chi connectivity index (χ1n) is 4.12. The Labute approximate surface area is 87.0 Å². The van der Waals surface area contributed by atoms with E-state index in [1.54, 1.807) is 0 Å². The van der Waals surface area contributed by atoms with Crippen molar-refractivity contribution < 1.29 is 39.3 Å². The Morgan fingerprint density at radius 2 is 1.20 bits per heavy atom. The van der Waals surface area contributed by atoms with Crippen molar-refractivity contribution in [3.63, 3.8) is 0 Å². The summed E-state index contributed by atoms with van der Waals surface area (Å²) in [6.45, 7) is -2.18. The Morgan fingerprint density at radius 3 is 1.47 bits per heavy atom. The van der Waals surface area contributed by atoms with Crippen LogP contribution in [0.25, 0.3) is 0 Å². The average molecular weight is 247 g/mol. The first-order chi connectivity index (χ1) is 6.91. The molecule has 0 aromatic rings. The average Bonchev–Trinajstić information content (AvgIpc) is 2.22. The van der Waals surface area contributed by atoms with Gasteiger partial charge in [-0.15, -0.1) is 0 Å². The summed E-state index contributed by atoms with van der Waals surface area (Å²) in [5, 5.41) is 34.4. The standard InChI is InChI=1S/C6H16O8P/c7-1-5(9)3-13-15(11,12)14-4-6(10)2-8/h5-12H,1-4H2/q+1. The van der Waals surface area contributed by atoms with Crippen LogP contribution in [-0.4, -0.2) is 68.8 Å². The zero-order chi connectivity index (χ0) is 11.9. The van der Waals surface area contributed by atoms with Crippen LogP contribution >= 0.6 is 8.17 Å². The van der Waals surface area contributed by atoms with Crippen LogP contribution in [0.4, 0.5) is 0 Å². The van der Waals surface area contributed by atoms with Gasteiger partial charge in [-0.3, -0.25) is 0 Å². The van der Waals surface area contributed by atoms with Gasteiger partial charge in [0.2, 0.25) is 0 Å². The number of hydrogen-bond donors (Lipinski definition) is 6. The van der Waals surface area contributed by atoms with Gasteiger partial charge in [0, 0.05) is 0 Å². The first kappa shape index (κ1) is 15.1. The van der Waals surface area contributed by atoms with E-state index in [0.29, 0.717) is 0 Å². The number of aliphatic hydroxyl groups is 4. The van der Waals surface area contributed by atoms with Gasteiger partial charge in [0.25, 0.3) is 0 Å². The fourth-order valence-corrected chi connectivity index (χ4v) is 1.32. The highest BCUT2D eigenvalue weighted by Gasteiger charge is 2.40. The van der Waals surface area contributed by atoms with Gasteiger partial charge in [-0.25, -0.2) is 0 Å². The Balaban J connectivity index is 3.75. The van der Waals surface area contributed by atoms with Gasteiger partial charge < -0.3 is 20.4 Å². The molecule has 0 rings (SSSR count). The third-order valence-corrected chi connectivity index (χ3v) is 2.26. The third-order valence-electron chi connectivity index (χ3n) is 1.29. The van der Waals surface area contributed by atoms with Crippen LogP contribution in [0.2, 0.25) is 0 Å². The number of rotatable bonds is 8. The highest BCUT2D eigenvalue weighted by Crippen LogP contribution is 2.52. The van der Waals surface area contributed by atoms with Crippen molar-refractivity contribution in [1.82, 2.24) is 0 Å². The molecule has 8 nitrogen and oxygen atoms in total. The lowest BCUT2D eigenvalue weighted by atomic mass is 10.4. The second-order valence-electron chi connectivity index (χ2n) is 2.75. The Bertz CT molecular complexity index is 149. The van der Waals surface area contributed by atoms with Crippen molar-refractivity contribution in [1.29, 1.82) is 0 Å². The van der Waals surface area contributed by atoms with Crippen molar-refractivity contribution in [2.24, 2.45) is 0 Å². The topological polar surface area (TPSA) is 140 Å². The molecule has 0 radical (unpaired) electrons. The molecule has 0 aliphatic carbocycles. The molecule has 0 saturated carbocycles. The molecule has 0 amide bonds. The molecule has 0 spiro atoms. The van der Waals surface area contributed by atoms with Crippen molar-refractivity contribution >= 4 is 8.17 Å². The van der Waals surface area contributed by atoms with Crippen LogP contribution in [0.1, 0.15) is 0 Å². The maximum Gasteiger partial charge on any atom is 0.570 e. The van der Waals surface area contributed by atoms with E-state index < -0.39 is 46.8 Å². The van der Waals surface area contributed by atoms with Crippen LogP contribution in [0, 0.1) is 0 Å². The van der Waals surface area contributed by atoms with Crippen molar-refractivity contribution in [2.45, 2.75) is 12.2 Å². The van der Waals surface area contributed by atoms with Gasteiger partial charge in [0.1, 0.15) is 25.4 Å². The van der Waals surface area contributed by atoms with Crippen molar-refractivity contribution in [3.05, 3.63) is 0 Å². The SMILES string of the molecule is OCC(O)CO[P+](O)(O)OCC(O)CO. The molecule has 0 aliphatic heterocycles. The van der Waals surface area contributed by atoms with Crippen LogP contribution < -0.4 is 0 Å². The molecule has 0 fully saturated rings. The van der Waals surface area contributed by atoms with E-state index in [1.165, 1.54) is 0 Å². The van der Waals surface area contributed by atoms with Crippen LogP contribution in [0.3, 0.4) is 0 Å². The van der Waals surface area contributed by atoms with E-state index in [2.05, 4.69) is 9.05 Å². The maximum atomic E-state index is 9.04. The van der Waals surface area contributed by atoms with Gasteiger partial charge in [-0.05, 0) is 0 Å². The fourth-order valence-electron chi connectivity index (χ4n) is 0.509. The molecule has 0 aromatic heterocycles. The molecule has 0 saturated heterocycles. The molecule has 0 heterocycles. The monoisotopic (exact) mass is 247 g/mol. The fraction of sp³-hybridized carbons (Fsp3) is 1.00. The Hall–Kier alpha value is 0.110. The predicted molar refractivity (Wildman–Crippen MR) is 49.4 cm³/mol.